The Morgan fingerprint density at radius 1 is 1.25 bits per heavy atom. The molecule has 0 atom stereocenters. The van der Waals surface area contributed by atoms with Gasteiger partial charge in [-0.05, 0) is 35.7 Å². The lowest BCUT2D eigenvalue weighted by molar-refractivity contribution is 0.0769. The molecule has 24 heavy (non-hydrogen) atoms. The molecule has 0 saturated carbocycles. The van der Waals surface area contributed by atoms with E-state index in [1.54, 1.807) is 23.3 Å². The van der Waals surface area contributed by atoms with Gasteiger partial charge in [0.2, 0.25) is 0 Å². The van der Waals surface area contributed by atoms with Crippen LogP contribution in [0.1, 0.15) is 10.5 Å². The molecule has 7 heteroatoms. The van der Waals surface area contributed by atoms with Crippen molar-refractivity contribution in [2.75, 3.05) is 20.2 Å². The Morgan fingerprint density at radius 2 is 2.04 bits per heavy atom. The number of thiophene rings is 1. The van der Waals surface area contributed by atoms with Gasteiger partial charge in [0.25, 0.3) is 5.91 Å². The summed E-state index contributed by atoms with van der Waals surface area (Å²) in [6, 6.07) is 11.6. The highest BCUT2D eigenvalue weighted by Crippen LogP contribution is 2.28. The van der Waals surface area contributed by atoms with E-state index in [1.807, 2.05) is 47.2 Å². The van der Waals surface area contributed by atoms with E-state index in [2.05, 4.69) is 20.9 Å². The van der Waals surface area contributed by atoms with Crippen molar-refractivity contribution in [1.29, 1.82) is 0 Å². The van der Waals surface area contributed by atoms with Crippen LogP contribution in [0.4, 0.5) is 0 Å². The number of hydrogen-bond donors (Lipinski definition) is 0. The van der Waals surface area contributed by atoms with Crippen molar-refractivity contribution in [3.8, 4) is 15.6 Å². The third-order valence-electron chi connectivity index (χ3n) is 3.31. The molecule has 0 unspecified atom stereocenters. The first-order chi connectivity index (χ1) is 11.6. The minimum atomic E-state index is -0.0894. The molecule has 4 nitrogen and oxygen atoms in total. The Morgan fingerprint density at radius 3 is 2.75 bits per heavy atom. The molecule has 2 heterocycles. The van der Waals surface area contributed by atoms with Crippen molar-refractivity contribution in [1.82, 2.24) is 9.88 Å². The van der Waals surface area contributed by atoms with Gasteiger partial charge < -0.3 is 9.64 Å². The third kappa shape index (κ3) is 4.23. The number of thiazole rings is 1. The van der Waals surface area contributed by atoms with Gasteiger partial charge in [-0.3, -0.25) is 4.79 Å². The van der Waals surface area contributed by atoms with Crippen LogP contribution in [0.25, 0.3) is 9.88 Å². The van der Waals surface area contributed by atoms with Crippen LogP contribution in [0.3, 0.4) is 0 Å². The van der Waals surface area contributed by atoms with E-state index in [0.29, 0.717) is 18.8 Å². The maximum absolute atomic E-state index is 12.4. The highest BCUT2D eigenvalue weighted by molar-refractivity contribution is 9.10. The fourth-order valence-corrected chi connectivity index (χ4v) is 3.89. The number of rotatable bonds is 6. The number of amides is 1. The minimum absolute atomic E-state index is 0.0894. The number of halogens is 1. The Kier molecular flexibility index (Phi) is 5.65. The topological polar surface area (TPSA) is 42.4 Å². The van der Waals surface area contributed by atoms with Crippen LogP contribution in [0.5, 0.6) is 5.75 Å². The van der Waals surface area contributed by atoms with Crippen LogP contribution < -0.4 is 4.74 Å². The molecule has 2 aromatic heterocycles. The summed E-state index contributed by atoms with van der Waals surface area (Å²) in [6.07, 6.45) is 0. The second-order valence-electron chi connectivity index (χ2n) is 5.04. The molecular formula is C17H15BrN2O2S2. The molecular weight excluding hydrogens is 408 g/mol. The summed E-state index contributed by atoms with van der Waals surface area (Å²) in [4.78, 5) is 19.6. The molecule has 3 rings (SSSR count). The third-order valence-corrected chi connectivity index (χ3v) is 5.72. The second kappa shape index (κ2) is 7.92. The van der Waals surface area contributed by atoms with E-state index in [1.165, 1.54) is 11.3 Å². The van der Waals surface area contributed by atoms with Crippen molar-refractivity contribution in [2.45, 2.75) is 0 Å². The average molecular weight is 423 g/mol. The first kappa shape index (κ1) is 17.1. The summed E-state index contributed by atoms with van der Waals surface area (Å²) < 4.78 is 6.66. The Bertz CT molecular complexity index is 800. The Balaban J connectivity index is 1.54. The van der Waals surface area contributed by atoms with Crippen LogP contribution in [0.15, 0.2) is 51.6 Å². The number of benzene rings is 1. The van der Waals surface area contributed by atoms with Gasteiger partial charge in [0.15, 0.2) is 0 Å². The number of ether oxygens (including phenoxy) is 1. The number of nitrogens with zero attached hydrogens (tertiary/aromatic N) is 2. The van der Waals surface area contributed by atoms with Gasteiger partial charge in [0, 0.05) is 16.9 Å². The Labute approximate surface area is 156 Å². The summed E-state index contributed by atoms with van der Waals surface area (Å²) in [5.74, 6) is 0.696. The molecule has 1 amide bonds. The Hall–Kier alpha value is -1.70. The molecule has 0 aliphatic carbocycles. The van der Waals surface area contributed by atoms with Crippen LogP contribution in [-0.2, 0) is 0 Å². The van der Waals surface area contributed by atoms with Crippen molar-refractivity contribution in [3.63, 3.8) is 0 Å². The summed E-state index contributed by atoms with van der Waals surface area (Å²) in [7, 11) is 1.76. The van der Waals surface area contributed by atoms with E-state index >= 15 is 0 Å². The first-order valence-corrected chi connectivity index (χ1v) is 9.82. The van der Waals surface area contributed by atoms with Crippen molar-refractivity contribution < 1.29 is 9.53 Å². The molecule has 0 spiro atoms. The number of aromatic nitrogens is 1. The van der Waals surface area contributed by atoms with Gasteiger partial charge in [-0.2, -0.15) is 0 Å². The molecule has 0 aliphatic heterocycles. The molecule has 3 aromatic rings. The fourth-order valence-electron chi connectivity index (χ4n) is 2.01. The summed E-state index contributed by atoms with van der Waals surface area (Å²) in [5, 5.41) is 4.70. The van der Waals surface area contributed by atoms with Crippen LogP contribution >= 0.6 is 38.6 Å². The number of carbonyl (C=O) groups excluding carboxylic acids is 1. The largest absolute Gasteiger partial charge is 0.492 e. The summed E-state index contributed by atoms with van der Waals surface area (Å²) in [5.41, 5.74) is 0.481. The SMILES string of the molecule is CN(CCOc1ccc(Br)cc1)C(=O)c1csc(-c2cccs2)n1. The standard InChI is InChI=1S/C17H15BrN2O2S2/c1-20(8-9-22-13-6-4-12(18)5-7-13)17(21)14-11-24-16(19-14)15-3-2-10-23-15/h2-7,10-11H,8-9H2,1H3. The van der Waals surface area contributed by atoms with Crippen molar-refractivity contribution >= 4 is 44.5 Å². The van der Waals surface area contributed by atoms with Crippen molar-refractivity contribution in [3.05, 3.63) is 57.3 Å². The first-order valence-electron chi connectivity index (χ1n) is 7.27. The predicted molar refractivity (Wildman–Crippen MR) is 102 cm³/mol. The predicted octanol–water partition coefficient (Wildman–Crippen LogP) is 4.79. The highest BCUT2D eigenvalue weighted by Gasteiger charge is 2.16. The molecule has 0 N–H and O–H groups in total. The minimum Gasteiger partial charge on any atom is -0.492 e. The summed E-state index contributed by atoms with van der Waals surface area (Å²) >= 11 is 6.50. The van der Waals surface area contributed by atoms with Crippen LogP contribution in [0, 0.1) is 0 Å². The maximum atomic E-state index is 12.4. The quantitative estimate of drug-likeness (QED) is 0.573. The lowest BCUT2D eigenvalue weighted by Gasteiger charge is -2.16. The molecule has 0 bridgehead atoms. The number of hydrogen-bond acceptors (Lipinski definition) is 5. The average Bonchev–Trinajstić information content (AvgIpc) is 3.27. The number of carbonyl (C=O) groups is 1. The lowest BCUT2D eigenvalue weighted by atomic mass is 10.3. The smallest absolute Gasteiger partial charge is 0.273 e. The molecule has 0 saturated heterocycles. The van der Waals surface area contributed by atoms with Crippen LogP contribution in [-0.4, -0.2) is 36.0 Å². The normalized spacial score (nSPS) is 10.6. The van der Waals surface area contributed by atoms with E-state index in [-0.39, 0.29) is 5.91 Å². The van der Waals surface area contributed by atoms with E-state index < -0.39 is 0 Å². The van der Waals surface area contributed by atoms with E-state index in [4.69, 9.17) is 4.74 Å². The zero-order valence-electron chi connectivity index (χ0n) is 12.9. The maximum Gasteiger partial charge on any atom is 0.273 e. The monoisotopic (exact) mass is 422 g/mol. The van der Waals surface area contributed by atoms with Gasteiger partial charge >= 0.3 is 0 Å². The molecule has 124 valence electrons. The van der Waals surface area contributed by atoms with Crippen molar-refractivity contribution in [2.24, 2.45) is 0 Å². The molecule has 0 aliphatic rings. The van der Waals surface area contributed by atoms with Gasteiger partial charge in [-0.15, -0.1) is 22.7 Å². The molecule has 0 fully saturated rings. The lowest BCUT2D eigenvalue weighted by Crippen LogP contribution is -2.31. The zero-order valence-corrected chi connectivity index (χ0v) is 16.2. The highest BCUT2D eigenvalue weighted by atomic mass is 79.9. The fraction of sp³-hybridized carbons (Fsp3) is 0.176. The van der Waals surface area contributed by atoms with Gasteiger partial charge in [0.1, 0.15) is 23.1 Å². The summed E-state index contributed by atoms with van der Waals surface area (Å²) in [6.45, 7) is 0.937. The van der Waals surface area contributed by atoms with Gasteiger partial charge in [-0.1, -0.05) is 22.0 Å². The van der Waals surface area contributed by atoms with Crippen LogP contribution in [0.2, 0.25) is 0 Å². The molecule has 0 radical (unpaired) electrons. The van der Waals surface area contributed by atoms with Gasteiger partial charge in [0.05, 0.1) is 11.4 Å². The second-order valence-corrected chi connectivity index (χ2v) is 7.77. The molecule has 1 aromatic carbocycles. The van der Waals surface area contributed by atoms with E-state index in [9.17, 15) is 4.79 Å². The number of likely N-dealkylation sites (N-methyl/N-ethyl adjacent to an activating group) is 1. The van der Waals surface area contributed by atoms with E-state index in [0.717, 1.165) is 20.1 Å². The van der Waals surface area contributed by atoms with Gasteiger partial charge in [-0.25, -0.2) is 4.98 Å². The zero-order chi connectivity index (χ0) is 16.9.